The van der Waals surface area contributed by atoms with Gasteiger partial charge in [-0.2, -0.15) is 13.2 Å². The fourth-order valence-electron chi connectivity index (χ4n) is 6.33. The lowest BCUT2D eigenvalue weighted by atomic mass is 9.73. The van der Waals surface area contributed by atoms with Crippen molar-refractivity contribution in [2.45, 2.75) is 58.2 Å². The molecule has 8 heteroatoms. The molecule has 4 aromatic rings. The van der Waals surface area contributed by atoms with Crippen LogP contribution in [0.3, 0.4) is 0 Å². The third-order valence-electron chi connectivity index (χ3n) is 8.26. The van der Waals surface area contributed by atoms with Gasteiger partial charge in [0, 0.05) is 29.4 Å². The van der Waals surface area contributed by atoms with Gasteiger partial charge in [0.25, 0.3) is 5.91 Å². The second-order valence-corrected chi connectivity index (χ2v) is 10.6. The van der Waals surface area contributed by atoms with E-state index in [0.29, 0.717) is 24.4 Å². The number of nitrogens with zero attached hydrogens (tertiary/aromatic N) is 4. The van der Waals surface area contributed by atoms with Crippen molar-refractivity contribution in [2.24, 2.45) is 13.0 Å². The lowest BCUT2D eigenvalue weighted by molar-refractivity contribution is -0.138. The summed E-state index contributed by atoms with van der Waals surface area (Å²) < 4.78 is 45.1. The van der Waals surface area contributed by atoms with Crippen LogP contribution < -0.4 is 4.90 Å². The molecule has 3 aromatic carbocycles. The Bertz CT molecular complexity index is 1540. The zero-order valence-electron chi connectivity index (χ0n) is 23.2. The van der Waals surface area contributed by atoms with Crippen LogP contribution in [0.2, 0.25) is 0 Å². The summed E-state index contributed by atoms with van der Waals surface area (Å²) in [5.41, 5.74) is 1.45. The van der Waals surface area contributed by atoms with Crippen LogP contribution in [0.4, 0.5) is 18.9 Å². The molecule has 0 radical (unpaired) electrons. The molecule has 2 atom stereocenters. The minimum Gasteiger partial charge on any atom is -0.317 e. The average Bonchev–Trinajstić information content (AvgIpc) is 3.47. The molecule has 2 heterocycles. The van der Waals surface area contributed by atoms with Crippen molar-refractivity contribution in [2.75, 3.05) is 4.90 Å². The topological polar surface area (TPSA) is 51.0 Å². The predicted molar refractivity (Wildman–Crippen MR) is 151 cm³/mol. The number of hydrogen-bond acceptors (Lipinski definition) is 3. The van der Waals surface area contributed by atoms with Crippen LogP contribution in [0.5, 0.6) is 0 Å². The van der Waals surface area contributed by atoms with Gasteiger partial charge in [0.15, 0.2) is 5.82 Å². The first-order valence-electron chi connectivity index (χ1n) is 13.7. The number of amides is 1. The Morgan fingerprint density at radius 2 is 1.65 bits per heavy atom. The number of aryl methyl sites for hydroxylation is 1. The molecule has 0 saturated carbocycles. The molecule has 0 fully saturated rings. The highest BCUT2D eigenvalue weighted by Gasteiger charge is 2.55. The molecule has 5 nitrogen and oxygen atoms in total. The summed E-state index contributed by atoms with van der Waals surface area (Å²) in [6, 6.07) is 19.3. The first-order chi connectivity index (χ1) is 19.1. The van der Waals surface area contributed by atoms with Crippen LogP contribution in [0.15, 0.2) is 73.1 Å². The summed E-state index contributed by atoms with van der Waals surface area (Å²) in [6.07, 6.45) is 0.192. The van der Waals surface area contributed by atoms with E-state index in [4.69, 9.17) is 0 Å². The Hall–Kier alpha value is -3.94. The number of carbonyl (C=O) groups excluding carboxylic acids is 1. The SMILES string of the molecule is CCCCC(CC)C1(C)c2c(cccc2C(F)(F)F)C(=O)N1c1cccc(-c2ccccc2-c2nncn2C)c1. The van der Waals surface area contributed by atoms with E-state index in [0.717, 1.165) is 35.6 Å². The number of hydrogen-bond donors (Lipinski definition) is 0. The minimum absolute atomic E-state index is 0.0836. The maximum Gasteiger partial charge on any atom is 0.416 e. The predicted octanol–water partition coefficient (Wildman–Crippen LogP) is 8.26. The Morgan fingerprint density at radius 1 is 0.950 bits per heavy atom. The highest BCUT2D eigenvalue weighted by atomic mass is 19.4. The molecule has 1 aliphatic heterocycles. The Labute approximate surface area is 232 Å². The molecular weight excluding hydrogens is 513 g/mol. The summed E-state index contributed by atoms with van der Waals surface area (Å²) in [6.45, 7) is 5.88. The molecule has 0 N–H and O–H groups in total. The van der Waals surface area contributed by atoms with Gasteiger partial charge >= 0.3 is 6.18 Å². The van der Waals surface area contributed by atoms with Crippen LogP contribution in [0.25, 0.3) is 22.5 Å². The number of benzene rings is 3. The van der Waals surface area contributed by atoms with Gasteiger partial charge in [-0.15, -0.1) is 10.2 Å². The van der Waals surface area contributed by atoms with Crippen LogP contribution in [-0.4, -0.2) is 20.7 Å². The van der Waals surface area contributed by atoms with Gasteiger partial charge in [-0.3, -0.25) is 9.69 Å². The van der Waals surface area contributed by atoms with E-state index in [2.05, 4.69) is 17.1 Å². The van der Waals surface area contributed by atoms with E-state index in [1.165, 1.54) is 12.1 Å². The minimum atomic E-state index is -4.58. The van der Waals surface area contributed by atoms with Crippen LogP contribution in [0, 0.1) is 5.92 Å². The number of alkyl halides is 3. The van der Waals surface area contributed by atoms with Crippen molar-refractivity contribution < 1.29 is 18.0 Å². The van der Waals surface area contributed by atoms with E-state index < -0.39 is 23.2 Å². The fourth-order valence-corrected chi connectivity index (χ4v) is 6.33. The molecule has 40 heavy (non-hydrogen) atoms. The standard InChI is InChI=1S/C32H33F3N4O/c1-5-7-13-22(6-2)31(3)28-26(17-11-18-27(28)32(33,34)35)30(40)39(31)23-14-10-12-21(19-23)24-15-8-9-16-25(24)29-37-36-20-38(29)4/h8-12,14-20,22H,5-7,13H2,1-4H3. The Balaban J connectivity index is 1.71. The van der Waals surface area contributed by atoms with E-state index in [-0.39, 0.29) is 17.0 Å². The van der Waals surface area contributed by atoms with Gasteiger partial charge in [-0.1, -0.05) is 75.6 Å². The van der Waals surface area contributed by atoms with Crippen LogP contribution in [-0.2, 0) is 18.8 Å². The van der Waals surface area contributed by atoms with Gasteiger partial charge in [0.05, 0.1) is 11.1 Å². The molecule has 0 bridgehead atoms. The van der Waals surface area contributed by atoms with E-state index in [1.807, 2.05) is 74.0 Å². The van der Waals surface area contributed by atoms with Gasteiger partial charge < -0.3 is 4.57 Å². The molecule has 208 valence electrons. The highest BCUT2D eigenvalue weighted by Crippen LogP contribution is 2.53. The number of aromatic nitrogens is 3. The number of anilines is 1. The summed E-state index contributed by atoms with van der Waals surface area (Å²) >= 11 is 0. The Kier molecular flexibility index (Phi) is 7.29. The van der Waals surface area contributed by atoms with Gasteiger partial charge in [-0.25, -0.2) is 0 Å². The van der Waals surface area contributed by atoms with Gasteiger partial charge in [-0.05, 0) is 54.7 Å². The molecule has 0 saturated heterocycles. The molecular formula is C32H33F3N4O. The number of unbranched alkanes of at least 4 members (excludes halogenated alkanes) is 1. The molecule has 0 aliphatic carbocycles. The lowest BCUT2D eigenvalue weighted by Crippen LogP contribution is -2.48. The fraction of sp³-hybridized carbons (Fsp3) is 0.344. The zero-order valence-corrected chi connectivity index (χ0v) is 23.2. The number of fused-ring (bicyclic) bond motifs is 1. The van der Waals surface area contributed by atoms with Crippen molar-refractivity contribution in [1.82, 2.24) is 14.8 Å². The van der Waals surface area contributed by atoms with Gasteiger partial charge in [0.2, 0.25) is 0 Å². The largest absolute Gasteiger partial charge is 0.416 e. The quantitative estimate of drug-likeness (QED) is 0.224. The average molecular weight is 547 g/mol. The first-order valence-corrected chi connectivity index (χ1v) is 13.7. The number of carbonyl (C=O) groups is 1. The van der Waals surface area contributed by atoms with E-state index in [1.54, 1.807) is 11.2 Å². The maximum absolute atomic E-state index is 14.4. The van der Waals surface area contributed by atoms with Crippen LogP contribution >= 0.6 is 0 Å². The second kappa shape index (κ2) is 10.6. The number of halogens is 3. The summed E-state index contributed by atoms with van der Waals surface area (Å²) in [7, 11) is 1.87. The molecule has 0 spiro atoms. The smallest absolute Gasteiger partial charge is 0.317 e. The third kappa shape index (κ3) is 4.49. The van der Waals surface area contributed by atoms with Crippen molar-refractivity contribution >= 4 is 11.6 Å². The van der Waals surface area contributed by atoms with Crippen molar-refractivity contribution in [3.63, 3.8) is 0 Å². The van der Waals surface area contributed by atoms with E-state index in [9.17, 15) is 18.0 Å². The van der Waals surface area contributed by atoms with Crippen LogP contribution in [0.1, 0.15) is 67.9 Å². The normalized spacial score (nSPS) is 17.8. The molecule has 2 unspecified atom stereocenters. The zero-order chi connectivity index (χ0) is 28.7. The monoisotopic (exact) mass is 546 g/mol. The second-order valence-electron chi connectivity index (χ2n) is 10.6. The number of rotatable bonds is 8. The van der Waals surface area contributed by atoms with Gasteiger partial charge in [0.1, 0.15) is 6.33 Å². The molecule has 5 rings (SSSR count). The molecule has 1 aromatic heterocycles. The maximum atomic E-state index is 14.4. The van der Waals surface area contributed by atoms with Crippen molar-refractivity contribution in [3.8, 4) is 22.5 Å². The lowest BCUT2D eigenvalue weighted by Gasteiger charge is -2.43. The summed E-state index contributed by atoms with van der Waals surface area (Å²) in [4.78, 5) is 15.7. The Morgan fingerprint density at radius 3 is 2.30 bits per heavy atom. The summed E-state index contributed by atoms with van der Waals surface area (Å²) in [5, 5.41) is 8.29. The van der Waals surface area contributed by atoms with Crippen molar-refractivity contribution in [3.05, 3.63) is 89.7 Å². The summed E-state index contributed by atoms with van der Waals surface area (Å²) in [5.74, 6) is 0.115. The highest BCUT2D eigenvalue weighted by molar-refractivity contribution is 6.12. The molecule has 1 aliphatic rings. The molecule has 1 amide bonds. The van der Waals surface area contributed by atoms with E-state index >= 15 is 0 Å². The first kappa shape index (κ1) is 27.6. The van der Waals surface area contributed by atoms with Crippen molar-refractivity contribution in [1.29, 1.82) is 0 Å². The third-order valence-corrected chi connectivity index (χ3v) is 8.26.